The van der Waals surface area contributed by atoms with Crippen molar-refractivity contribution in [3.8, 4) is 5.75 Å². The first kappa shape index (κ1) is 20.5. The van der Waals surface area contributed by atoms with Gasteiger partial charge in [0.1, 0.15) is 12.4 Å². The highest BCUT2D eigenvalue weighted by Crippen LogP contribution is 2.29. The van der Waals surface area contributed by atoms with Gasteiger partial charge in [-0.25, -0.2) is 9.59 Å². The molecule has 6 nitrogen and oxygen atoms in total. The third-order valence-corrected chi connectivity index (χ3v) is 4.68. The molecule has 2 N–H and O–H groups in total. The van der Waals surface area contributed by atoms with E-state index in [9.17, 15) is 9.59 Å². The molecule has 6 heteroatoms. The minimum atomic E-state index is -0.586. The molecule has 0 fully saturated rings. The third-order valence-electron chi connectivity index (χ3n) is 4.68. The molecule has 1 heterocycles. The minimum absolute atomic E-state index is 0.168. The number of benzene rings is 2. The summed E-state index contributed by atoms with van der Waals surface area (Å²) < 4.78 is 11.2. The molecule has 0 saturated heterocycles. The average molecular weight is 394 g/mol. The predicted molar refractivity (Wildman–Crippen MR) is 110 cm³/mol. The molecule has 1 atom stereocenters. The number of urea groups is 1. The Morgan fingerprint density at radius 3 is 2.48 bits per heavy atom. The molecular formula is C23H26N2O4. The molecule has 1 aliphatic heterocycles. The molecular weight excluding hydrogens is 368 g/mol. The maximum atomic E-state index is 12.8. The van der Waals surface area contributed by atoms with Crippen LogP contribution in [0.1, 0.15) is 43.9 Å². The number of hydrogen-bond acceptors (Lipinski definition) is 4. The van der Waals surface area contributed by atoms with Crippen LogP contribution in [0.4, 0.5) is 4.79 Å². The van der Waals surface area contributed by atoms with Gasteiger partial charge in [0.15, 0.2) is 0 Å². The van der Waals surface area contributed by atoms with Gasteiger partial charge in [-0.3, -0.25) is 0 Å². The quantitative estimate of drug-likeness (QED) is 0.519. The van der Waals surface area contributed by atoms with E-state index in [1.165, 1.54) is 0 Å². The van der Waals surface area contributed by atoms with E-state index in [1.54, 1.807) is 6.92 Å². The maximum Gasteiger partial charge on any atom is 0.338 e. The highest BCUT2D eigenvalue weighted by molar-refractivity contribution is 5.95. The summed E-state index contributed by atoms with van der Waals surface area (Å²) in [4.78, 5) is 24.8. The number of carbonyl (C=O) groups is 2. The first-order valence-electron chi connectivity index (χ1n) is 9.80. The van der Waals surface area contributed by atoms with Crippen LogP contribution in [-0.4, -0.2) is 18.6 Å². The lowest BCUT2D eigenvalue weighted by atomic mass is 9.95. The van der Waals surface area contributed by atoms with Crippen LogP contribution in [0, 0.1) is 0 Å². The SMILES string of the molecule is CCCCOc1ccc([C@H]2NC(=O)NC(C)=C2C(=O)OCc2ccccc2)cc1. The van der Waals surface area contributed by atoms with Crippen molar-refractivity contribution >= 4 is 12.0 Å². The van der Waals surface area contributed by atoms with Crippen LogP contribution in [0.25, 0.3) is 0 Å². The minimum Gasteiger partial charge on any atom is -0.494 e. The van der Waals surface area contributed by atoms with E-state index >= 15 is 0 Å². The Balaban J connectivity index is 1.75. The van der Waals surface area contributed by atoms with Gasteiger partial charge in [0, 0.05) is 5.70 Å². The topological polar surface area (TPSA) is 76.7 Å². The van der Waals surface area contributed by atoms with Crippen LogP contribution < -0.4 is 15.4 Å². The first-order valence-corrected chi connectivity index (χ1v) is 9.80. The first-order chi connectivity index (χ1) is 14.1. The van der Waals surface area contributed by atoms with Gasteiger partial charge >= 0.3 is 12.0 Å². The van der Waals surface area contributed by atoms with Gasteiger partial charge < -0.3 is 20.1 Å². The molecule has 29 heavy (non-hydrogen) atoms. The zero-order chi connectivity index (χ0) is 20.6. The summed E-state index contributed by atoms with van der Waals surface area (Å²) in [5, 5.41) is 5.47. The second kappa shape index (κ2) is 9.78. The molecule has 152 valence electrons. The van der Waals surface area contributed by atoms with Crippen LogP contribution in [0.15, 0.2) is 65.9 Å². The number of rotatable bonds is 8. The van der Waals surface area contributed by atoms with E-state index < -0.39 is 12.0 Å². The summed E-state index contributed by atoms with van der Waals surface area (Å²) in [6.07, 6.45) is 2.06. The van der Waals surface area contributed by atoms with Crippen molar-refractivity contribution in [2.45, 2.75) is 39.3 Å². The molecule has 3 rings (SSSR count). The number of hydrogen-bond donors (Lipinski definition) is 2. The van der Waals surface area contributed by atoms with Gasteiger partial charge in [-0.15, -0.1) is 0 Å². The number of carbonyl (C=O) groups excluding carboxylic acids is 2. The normalized spacial score (nSPS) is 16.1. The van der Waals surface area contributed by atoms with Crippen LogP contribution in [0.5, 0.6) is 5.75 Å². The lowest BCUT2D eigenvalue weighted by Gasteiger charge is -2.28. The highest BCUT2D eigenvalue weighted by atomic mass is 16.5. The Morgan fingerprint density at radius 2 is 1.79 bits per heavy atom. The zero-order valence-electron chi connectivity index (χ0n) is 16.7. The van der Waals surface area contributed by atoms with E-state index in [0.717, 1.165) is 29.7 Å². The summed E-state index contributed by atoms with van der Waals surface area (Å²) >= 11 is 0. The van der Waals surface area contributed by atoms with Gasteiger partial charge in [0.05, 0.1) is 18.2 Å². The van der Waals surface area contributed by atoms with E-state index in [4.69, 9.17) is 9.47 Å². The van der Waals surface area contributed by atoms with Crippen molar-refractivity contribution < 1.29 is 19.1 Å². The lowest BCUT2D eigenvalue weighted by molar-refractivity contribution is -0.140. The maximum absolute atomic E-state index is 12.8. The summed E-state index contributed by atoms with van der Waals surface area (Å²) in [5.74, 6) is 0.295. The van der Waals surface area contributed by atoms with Gasteiger partial charge in [-0.2, -0.15) is 0 Å². The fraction of sp³-hybridized carbons (Fsp3) is 0.304. The summed E-state index contributed by atoms with van der Waals surface area (Å²) in [5.41, 5.74) is 2.56. The van der Waals surface area contributed by atoms with Crippen molar-refractivity contribution in [2.24, 2.45) is 0 Å². The molecule has 0 bridgehead atoms. The van der Waals surface area contributed by atoms with Gasteiger partial charge in [-0.05, 0) is 36.6 Å². The molecule has 2 aromatic rings. The van der Waals surface area contributed by atoms with Gasteiger partial charge in [-0.1, -0.05) is 55.8 Å². The smallest absolute Gasteiger partial charge is 0.338 e. The Hall–Kier alpha value is -3.28. The Bertz CT molecular complexity index is 876. The molecule has 0 saturated carbocycles. The highest BCUT2D eigenvalue weighted by Gasteiger charge is 2.32. The number of ether oxygens (including phenoxy) is 2. The molecule has 2 aromatic carbocycles. The molecule has 0 spiro atoms. The summed E-state index contributed by atoms with van der Waals surface area (Å²) in [7, 11) is 0. The van der Waals surface area contributed by atoms with E-state index in [0.29, 0.717) is 17.9 Å². The zero-order valence-corrected chi connectivity index (χ0v) is 16.7. The van der Waals surface area contributed by atoms with Crippen LogP contribution in [0.2, 0.25) is 0 Å². The second-order valence-corrected chi connectivity index (χ2v) is 6.90. The number of amides is 2. The number of esters is 1. The molecule has 2 amide bonds. The van der Waals surface area contributed by atoms with Crippen molar-refractivity contribution in [1.82, 2.24) is 10.6 Å². The molecule has 0 aliphatic carbocycles. The van der Waals surface area contributed by atoms with E-state index in [-0.39, 0.29) is 12.6 Å². The van der Waals surface area contributed by atoms with Gasteiger partial charge in [0.25, 0.3) is 0 Å². The summed E-state index contributed by atoms with van der Waals surface area (Å²) in [6, 6.07) is 15.9. The third kappa shape index (κ3) is 5.38. The van der Waals surface area contributed by atoms with E-state index in [1.807, 2.05) is 54.6 Å². The Labute approximate surface area is 170 Å². The molecule has 1 aliphatic rings. The largest absolute Gasteiger partial charge is 0.494 e. The van der Waals surface area contributed by atoms with Crippen molar-refractivity contribution in [2.75, 3.05) is 6.61 Å². The van der Waals surface area contributed by atoms with Crippen molar-refractivity contribution in [3.05, 3.63) is 77.0 Å². The fourth-order valence-corrected chi connectivity index (χ4v) is 3.11. The number of nitrogens with one attached hydrogen (secondary N) is 2. The standard InChI is InChI=1S/C23H26N2O4/c1-3-4-14-28-19-12-10-18(11-13-19)21-20(16(2)24-23(27)25-21)22(26)29-15-17-8-6-5-7-9-17/h5-13,21H,3-4,14-15H2,1-2H3,(H2,24,25,27)/t21-/m1/s1. The molecule has 0 radical (unpaired) electrons. The second-order valence-electron chi connectivity index (χ2n) is 6.90. The van der Waals surface area contributed by atoms with Crippen LogP contribution >= 0.6 is 0 Å². The van der Waals surface area contributed by atoms with Crippen molar-refractivity contribution in [1.29, 1.82) is 0 Å². The van der Waals surface area contributed by atoms with Crippen LogP contribution in [-0.2, 0) is 16.1 Å². The predicted octanol–water partition coefficient (Wildman–Crippen LogP) is 4.24. The monoisotopic (exact) mass is 394 g/mol. The van der Waals surface area contributed by atoms with Gasteiger partial charge in [0.2, 0.25) is 0 Å². The molecule has 0 unspecified atom stereocenters. The fourth-order valence-electron chi connectivity index (χ4n) is 3.11. The van der Waals surface area contributed by atoms with E-state index in [2.05, 4.69) is 17.6 Å². The number of allylic oxidation sites excluding steroid dienone is 1. The summed E-state index contributed by atoms with van der Waals surface area (Å²) in [6.45, 7) is 4.64. The van der Waals surface area contributed by atoms with Crippen molar-refractivity contribution in [3.63, 3.8) is 0 Å². The average Bonchev–Trinajstić information content (AvgIpc) is 2.73. The molecule has 0 aromatic heterocycles. The number of unbranched alkanes of at least 4 members (excludes halogenated alkanes) is 1. The lowest BCUT2D eigenvalue weighted by Crippen LogP contribution is -2.45. The van der Waals surface area contributed by atoms with Crippen LogP contribution in [0.3, 0.4) is 0 Å². The Morgan fingerprint density at radius 1 is 1.07 bits per heavy atom. The Kier molecular flexibility index (Phi) is 6.89.